The Morgan fingerprint density at radius 3 is 1.50 bits per heavy atom. The smallest absolute Gasteiger partial charge is 0.472 e. The van der Waals surface area contributed by atoms with Crippen LogP contribution in [0.4, 0.5) is 0 Å². The lowest BCUT2D eigenvalue weighted by atomic mass is 10.1. The van der Waals surface area contributed by atoms with E-state index in [4.69, 9.17) is 24.8 Å². The maximum atomic E-state index is 12.6. The first-order chi connectivity index (χ1) is 27.1. The fourth-order valence-corrected chi connectivity index (χ4v) is 6.38. The molecule has 0 aromatic carbocycles. The van der Waals surface area contributed by atoms with Gasteiger partial charge in [-0.05, 0) is 70.6 Å². The van der Waals surface area contributed by atoms with Gasteiger partial charge >= 0.3 is 25.7 Å². The molecule has 324 valence electrons. The fourth-order valence-electron chi connectivity index (χ4n) is 5.60. The fraction of sp³-hybridized carbons (Fsp3) is 0.750. The molecule has 4 N–H and O–H groups in total. The molecule has 0 radical (unpaired) electrons. The average Bonchev–Trinajstić information content (AvgIpc) is 3.17. The number of carbonyl (C=O) groups excluding carboxylic acids is 2. The number of aliphatic carboxylic acids is 1. The standard InChI is InChI=1S/C44H78NO10P/c1-3-5-7-9-11-13-15-17-19-20-22-23-25-27-29-31-33-35-42(46)52-37-40(38-53-56(50,51)54-39-41(45)44(48)49)55-43(47)36-34-32-30-28-26-24-21-18-16-14-12-10-8-6-4-2/h14,16-17,19,22-23,27,29,40-41H,3-13,15,18,20-21,24-26,28,30-39,45H2,1-2H3,(H,48,49)(H,50,51)/b16-14-,19-17-,23-22-,29-27-/t40-,41+/m1/s1. The van der Waals surface area contributed by atoms with Gasteiger partial charge in [0.15, 0.2) is 6.10 Å². The first-order valence-corrected chi connectivity index (χ1v) is 23.2. The van der Waals surface area contributed by atoms with E-state index in [9.17, 15) is 23.8 Å². The van der Waals surface area contributed by atoms with Crippen LogP contribution >= 0.6 is 7.82 Å². The molecule has 3 atom stereocenters. The number of ether oxygens (including phenoxy) is 2. The molecular formula is C44H78NO10P. The maximum absolute atomic E-state index is 12.6. The van der Waals surface area contributed by atoms with Gasteiger partial charge in [0.25, 0.3) is 0 Å². The number of rotatable bonds is 40. The van der Waals surface area contributed by atoms with Crippen molar-refractivity contribution in [2.45, 2.75) is 193 Å². The van der Waals surface area contributed by atoms with E-state index in [1.165, 1.54) is 83.5 Å². The Hall–Kier alpha value is -2.56. The van der Waals surface area contributed by atoms with Gasteiger partial charge in [-0.15, -0.1) is 0 Å². The minimum atomic E-state index is -4.73. The summed E-state index contributed by atoms with van der Waals surface area (Å²) < 4.78 is 32.6. The highest BCUT2D eigenvalue weighted by atomic mass is 31.2. The zero-order valence-corrected chi connectivity index (χ0v) is 35.9. The van der Waals surface area contributed by atoms with E-state index in [0.717, 1.165) is 51.4 Å². The molecule has 0 aliphatic rings. The number of phosphoric acid groups is 1. The number of carboxylic acids is 1. The minimum Gasteiger partial charge on any atom is -0.480 e. The predicted octanol–water partition coefficient (Wildman–Crippen LogP) is 11.4. The van der Waals surface area contributed by atoms with Crippen molar-refractivity contribution in [1.29, 1.82) is 0 Å². The van der Waals surface area contributed by atoms with Crippen LogP contribution in [0.2, 0.25) is 0 Å². The first-order valence-electron chi connectivity index (χ1n) is 21.7. The molecule has 0 heterocycles. The molecule has 0 saturated heterocycles. The summed E-state index contributed by atoms with van der Waals surface area (Å²) in [5.41, 5.74) is 5.33. The van der Waals surface area contributed by atoms with Crippen LogP contribution in [0.1, 0.15) is 181 Å². The Labute approximate surface area is 339 Å². The second kappa shape index (κ2) is 39.3. The lowest BCUT2D eigenvalue weighted by Gasteiger charge is -2.20. The zero-order chi connectivity index (χ0) is 41.4. The molecule has 0 fully saturated rings. The highest BCUT2D eigenvalue weighted by molar-refractivity contribution is 7.47. The van der Waals surface area contributed by atoms with Crippen molar-refractivity contribution in [3.05, 3.63) is 48.6 Å². The molecule has 11 nitrogen and oxygen atoms in total. The molecule has 0 aromatic heterocycles. The summed E-state index contributed by atoms with van der Waals surface area (Å²) in [6.07, 6.45) is 43.2. The number of carbonyl (C=O) groups is 3. The number of allylic oxidation sites excluding steroid dienone is 8. The van der Waals surface area contributed by atoms with Crippen molar-refractivity contribution in [3.8, 4) is 0 Å². The Kier molecular flexibility index (Phi) is 37.5. The predicted molar refractivity (Wildman–Crippen MR) is 226 cm³/mol. The van der Waals surface area contributed by atoms with Crippen LogP contribution in [0, 0.1) is 0 Å². The first kappa shape index (κ1) is 53.4. The van der Waals surface area contributed by atoms with E-state index in [-0.39, 0.29) is 19.4 Å². The Morgan fingerprint density at radius 1 is 0.554 bits per heavy atom. The van der Waals surface area contributed by atoms with Gasteiger partial charge in [-0.25, -0.2) is 4.57 Å². The topological polar surface area (TPSA) is 172 Å². The van der Waals surface area contributed by atoms with Crippen LogP contribution in [-0.2, 0) is 37.5 Å². The third-order valence-corrected chi connectivity index (χ3v) is 10.0. The zero-order valence-electron chi connectivity index (χ0n) is 35.0. The number of esters is 2. The van der Waals surface area contributed by atoms with Crippen molar-refractivity contribution in [1.82, 2.24) is 0 Å². The van der Waals surface area contributed by atoms with E-state index in [2.05, 4.69) is 60.9 Å². The van der Waals surface area contributed by atoms with Crippen molar-refractivity contribution in [2.75, 3.05) is 19.8 Å². The molecule has 1 unspecified atom stereocenters. The molecule has 0 aromatic rings. The van der Waals surface area contributed by atoms with Gasteiger partial charge in [-0.2, -0.15) is 0 Å². The third kappa shape index (κ3) is 38.3. The summed E-state index contributed by atoms with van der Waals surface area (Å²) in [6.45, 7) is 2.72. The number of phosphoric ester groups is 1. The van der Waals surface area contributed by atoms with E-state index >= 15 is 0 Å². The van der Waals surface area contributed by atoms with Gasteiger partial charge in [-0.3, -0.25) is 23.4 Å². The van der Waals surface area contributed by atoms with Gasteiger partial charge in [0.2, 0.25) is 0 Å². The number of nitrogens with two attached hydrogens (primary N) is 1. The molecule has 0 amide bonds. The van der Waals surface area contributed by atoms with E-state index in [0.29, 0.717) is 19.3 Å². The Balaban J connectivity index is 4.46. The Bertz CT molecular complexity index is 1140. The van der Waals surface area contributed by atoms with Gasteiger partial charge in [0.05, 0.1) is 13.2 Å². The van der Waals surface area contributed by atoms with Gasteiger partial charge in [0.1, 0.15) is 12.6 Å². The van der Waals surface area contributed by atoms with Gasteiger partial charge < -0.3 is 25.2 Å². The average molecular weight is 812 g/mol. The molecule has 0 saturated carbocycles. The summed E-state index contributed by atoms with van der Waals surface area (Å²) in [5.74, 6) is -2.45. The van der Waals surface area contributed by atoms with Crippen LogP contribution in [0.25, 0.3) is 0 Å². The number of carboxylic acid groups (broad SMARTS) is 1. The molecule has 0 bridgehead atoms. The second-order valence-electron chi connectivity index (χ2n) is 14.5. The summed E-state index contributed by atoms with van der Waals surface area (Å²) in [7, 11) is -4.73. The van der Waals surface area contributed by atoms with Crippen LogP contribution in [-0.4, -0.2) is 59.9 Å². The monoisotopic (exact) mass is 812 g/mol. The van der Waals surface area contributed by atoms with Crippen molar-refractivity contribution < 1.29 is 47.5 Å². The maximum Gasteiger partial charge on any atom is 0.472 e. The highest BCUT2D eigenvalue weighted by Gasteiger charge is 2.28. The van der Waals surface area contributed by atoms with E-state index in [1.807, 2.05) is 6.08 Å². The SMILES string of the molecule is CCCCCC/C=C\CCCCCCCCCC(=O)O[C@H](COC(=O)CCC/C=C\C/C=C\C/C=C\CCCCCCCC)COP(=O)(O)OC[C@H](N)C(=O)O. The molecule has 0 aliphatic carbocycles. The minimum absolute atomic E-state index is 0.145. The van der Waals surface area contributed by atoms with Crippen molar-refractivity contribution >= 4 is 25.7 Å². The van der Waals surface area contributed by atoms with Crippen LogP contribution in [0.3, 0.4) is 0 Å². The lowest BCUT2D eigenvalue weighted by molar-refractivity contribution is -0.161. The van der Waals surface area contributed by atoms with Crippen molar-refractivity contribution in [2.24, 2.45) is 5.73 Å². The molecule has 0 spiro atoms. The van der Waals surface area contributed by atoms with Crippen LogP contribution in [0.15, 0.2) is 48.6 Å². The number of hydrogen-bond acceptors (Lipinski definition) is 9. The van der Waals surface area contributed by atoms with Gasteiger partial charge in [0, 0.05) is 12.8 Å². The molecule has 56 heavy (non-hydrogen) atoms. The van der Waals surface area contributed by atoms with Crippen molar-refractivity contribution in [3.63, 3.8) is 0 Å². The van der Waals surface area contributed by atoms with E-state index < -0.39 is 51.1 Å². The quantitative estimate of drug-likeness (QED) is 0.0233. The summed E-state index contributed by atoms with van der Waals surface area (Å²) in [4.78, 5) is 45.9. The number of hydrogen-bond donors (Lipinski definition) is 3. The van der Waals surface area contributed by atoms with E-state index in [1.54, 1.807) is 0 Å². The summed E-state index contributed by atoms with van der Waals surface area (Å²) >= 11 is 0. The molecule has 0 rings (SSSR count). The second-order valence-corrected chi connectivity index (χ2v) is 15.9. The third-order valence-electron chi connectivity index (χ3n) is 9.05. The molecular weight excluding hydrogens is 733 g/mol. The lowest BCUT2D eigenvalue weighted by Crippen LogP contribution is -2.34. The Morgan fingerprint density at radius 2 is 0.964 bits per heavy atom. The van der Waals surface area contributed by atoms with Crippen LogP contribution in [0.5, 0.6) is 0 Å². The van der Waals surface area contributed by atoms with Gasteiger partial charge in [-0.1, -0.05) is 146 Å². The van der Waals surface area contributed by atoms with Crippen LogP contribution < -0.4 is 5.73 Å². The summed E-state index contributed by atoms with van der Waals surface area (Å²) in [6, 6.07) is -1.53. The number of unbranched alkanes of at least 4 members (excludes halogenated alkanes) is 18. The molecule has 0 aliphatic heterocycles. The highest BCUT2D eigenvalue weighted by Crippen LogP contribution is 2.43. The molecule has 12 heteroatoms. The largest absolute Gasteiger partial charge is 0.480 e. The summed E-state index contributed by atoms with van der Waals surface area (Å²) in [5, 5.41) is 8.88. The normalized spacial score (nSPS) is 14.2.